The van der Waals surface area contributed by atoms with Crippen molar-refractivity contribution in [1.29, 1.82) is 0 Å². The first-order valence-electron chi connectivity index (χ1n) is 9.13. The quantitative estimate of drug-likeness (QED) is 0.557. The topological polar surface area (TPSA) is 124 Å². The zero-order chi connectivity index (χ0) is 22.6. The predicted molar refractivity (Wildman–Crippen MR) is 111 cm³/mol. The van der Waals surface area contributed by atoms with Gasteiger partial charge in [0.2, 0.25) is 21.7 Å². The summed E-state index contributed by atoms with van der Waals surface area (Å²) in [7, 11) is 1.87. The smallest absolute Gasteiger partial charge is 0.254 e. The summed E-state index contributed by atoms with van der Waals surface area (Å²) in [5, 5.41) is 6.36. The van der Waals surface area contributed by atoms with Gasteiger partial charge in [-0.15, -0.1) is 0 Å². The van der Waals surface area contributed by atoms with Crippen molar-refractivity contribution in [3.63, 3.8) is 0 Å². The maximum Gasteiger partial charge on any atom is 0.254 e. The number of hydrogen-bond donors (Lipinski definition) is 1. The Morgan fingerprint density at radius 2 is 1.84 bits per heavy atom. The molecule has 0 bridgehead atoms. The highest BCUT2D eigenvalue weighted by molar-refractivity contribution is 7.89. The molecule has 3 rings (SSSR count). The van der Waals surface area contributed by atoms with Crippen molar-refractivity contribution in [2.75, 3.05) is 28.3 Å². The molecule has 0 saturated carbocycles. The first kappa shape index (κ1) is 22.2. The standard InChI is InChI=1S/C20H22N4O6S/c1-21-20(25)16-11-15(9-10-17(16)29-4)31(26,27)24(2)12-18-22-19(23-30-18)13-5-7-14(28-3)8-6-13/h5-11H,12H2,1-4H3,(H,21,25). The van der Waals surface area contributed by atoms with Crippen LogP contribution >= 0.6 is 0 Å². The van der Waals surface area contributed by atoms with E-state index in [0.717, 1.165) is 4.31 Å². The monoisotopic (exact) mass is 446 g/mol. The lowest BCUT2D eigenvalue weighted by Crippen LogP contribution is -2.27. The minimum atomic E-state index is -3.94. The average molecular weight is 446 g/mol. The van der Waals surface area contributed by atoms with Crippen LogP contribution in [0.25, 0.3) is 11.4 Å². The van der Waals surface area contributed by atoms with Crippen LogP contribution in [0.1, 0.15) is 16.2 Å². The first-order chi connectivity index (χ1) is 14.8. The van der Waals surface area contributed by atoms with Crippen LogP contribution in [0.2, 0.25) is 0 Å². The SMILES string of the molecule is CNC(=O)c1cc(S(=O)(=O)N(C)Cc2nc(-c3ccc(OC)cc3)no2)ccc1OC. The molecular formula is C20H22N4O6S. The number of amides is 1. The molecule has 0 fully saturated rings. The lowest BCUT2D eigenvalue weighted by molar-refractivity contribution is 0.0960. The van der Waals surface area contributed by atoms with Crippen molar-refractivity contribution in [2.45, 2.75) is 11.4 Å². The van der Waals surface area contributed by atoms with E-state index in [1.165, 1.54) is 39.4 Å². The number of nitrogens with one attached hydrogen (secondary N) is 1. The molecule has 10 nitrogen and oxygen atoms in total. The number of benzene rings is 2. The van der Waals surface area contributed by atoms with Gasteiger partial charge in [-0.1, -0.05) is 5.16 Å². The van der Waals surface area contributed by atoms with Crippen LogP contribution in [0.3, 0.4) is 0 Å². The third-order valence-corrected chi connectivity index (χ3v) is 6.32. The Labute approximate surface area is 179 Å². The molecule has 11 heteroatoms. The van der Waals surface area contributed by atoms with E-state index in [1.807, 2.05) is 0 Å². The highest BCUT2D eigenvalue weighted by atomic mass is 32.2. The molecule has 1 amide bonds. The minimum Gasteiger partial charge on any atom is -0.497 e. The maximum absolute atomic E-state index is 13.0. The van der Waals surface area contributed by atoms with Gasteiger partial charge >= 0.3 is 0 Å². The zero-order valence-corrected chi connectivity index (χ0v) is 18.3. The number of hydrogen-bond acceptors (Lipinski definition) is 8. The van der Waals surface area contributed by atoms with Gasteiger partial charge in [0.05, 0.1) is 31.2 Å². The van der Waals surface area contributed by atoms with Crippen molar-refractivity contribution < 1.29 is 27.2 Å². The van der Waals surface area contributed by atoms with Gasteiger partial charge in [-0.2, -0.15) is 9.29 Å². The fraction of sp³-hybridized carbons (Fsp3) is 0.250. The molecule has 0 aliphatic rings. The fourth-order valence-electron chi connectivity index (χ4n) is 2.79. The summed E-state index contributed by atoms with van der Waals surface area (Å²) in [4.78, 5) is 16.3. The molecule has 2 aromatic carbocycles. The molecule has 0 atom stereocenters. The number of carbonyl (C=O) groups excluding carboxylic acids is 1. The van der Waals surface area contributed by atoms with Crippen LogP contribution in [-0.2, 0) is 16.6 Å². The van der Waals surface area contributed by atoms with Gasteiger partial charge in [0.1, 0.15) is 11.5 Å². The molecule has 0 unspecified atom stereocenters. The second-order valence-corrected chi connectivity index (χ2v) is 8.49. The Hall–Kier alpha value is -3.44. The van der Waals surface area contributed by atoms with Crippen molar-refractivity contribution in [2.24, 2.45) is 0 Å². The summed E-state index contributed by atoms with van der Waals surface area (Å²) in [5.41, 5.74) is 0.811. The number of methoxy groups -OCH3 is 2. The lowest BCUT2D eigenvalue weighted by Gasteiger charge is -2.16. The number of aromatic nitrogens is 2. The average Bonchev–Trinajstić information content (AvgIpc) is 3.26. The summed E-state index contributed by atoms with van der Waals surface area (Å²) in [5.74, 6) is 0.945. The summed E-state index contributed by atoms with van der Waals surface area (Å²) >= 11 is 0. The molecule has 1 N–H and O–H groups in total. The number of sulfonamides is 1. The number of carbonyl (C=O) groups is 1. The Morgan fingerprint density at radius 3 is 2.45 bits per heavy atom. The van der Waals surface area contributed by atoms with E-state index in [1.54, 1.807) is 31.4 Å². The Morgan fingerprint density at radius 1 is 1.13 bits per heavy atom. The second-order valence-electron chi connectivity index (χ2n) is 6.44. The summed E-state index contributed by atoms with van der Waals surface area (Å²) in [6.07, 6.45) is 0. The van der Waals surface area contributed by atoms with E-state index < -0.39 is 15.9 Å². The number of ether oxygens (including phenoxy) is 2. The Balaban J connectivity index is 1.82. The van der Waals surface area contributed by atoms with E-state index in [9.17, 15) is 13.2 Å². The molecule has 0 radical (unpaired) electrons. The van der Waals surface area contributed by atoms with Crippen LogP contribution in [0.4, 0.5) is 0 Å². The van der Waals surface area contributed by atoms with Crippen molar-refractivity contribution >= 4 is 15.9 Å². The van der Waals surface area contributed by atoms with Crippen molar-refractivity contribution in [1.82, 2.24) is 19.8 Å². The normalized spacial score (nSPS) is 11.4. The highest BCUT2D eigenvalue weighted by Crippen LogP contribution is 2.25. The van der Waals surface area contributed by atoms with Gasteiger partial charge in [0.25, 0.3) is 5.91 Å². The molecule has 1 aromatic heterocycles. The van der Waals surface area contributed by atoms with Crippen LogP contribution < -0.4 is 14.8 Å². The predicted octanol–water partition coefficient (Wildman–Crippen LogP) is 1.93. The third kappa shape index (κ3) is 4.67. The van der Waals surface area contributed by atoms with Crippen molar-refractivity contribution in [3.05, 3.63) is 53.9 Å². The first-order valence-corrected chi connectivity index (χ1v) is 10.6. The molecular weight excluding hydrogens is 424 g/mol. The number of nitrogens with zero attached hydrogens (tertiary/aromatic N) is 3. The van der Waals surface area contributed by atoms with Gasteiger partial charge < -0.3 is 19.3 Å². The van der Waals surface area contributed by atoms with E-state index in [4.69, 9.17) is 14.0 Å². The summed E-state index contributed by atoms with van der Waals surface area (Å²) in [6, 6.07) is 11.1. The minimum absolute atomic E-state index is 0.0655. The van der Waals surface area contributed by atoms with Gasteiger partial charge in [-0.05, 0) is 42.5 Å². The molecule has 3 aromatic rings. The highest BCUT2D eigenvalue weighted by Gasteiger charge is 2.25. The molecule has 0 aliphatic heterocycles. The lowest BCUT2D eigenvalue weighted by atomic mass is 10.2. The summed E-state index contributed by atoms with van der Waals surface area (Å²) in [6.45, 7) is -0.146. The van der Waals surface area contributed by atoms with Crippen LogP contribution in [0.5, 0.6) is 11.5 Å². The van der Waals surface area contributed by atoms with Gasteiger partial charge in [0, 0.05) is 19.7 Å². The van der Waals surface area contributed by atoms with Crippen LogP contribution in [0, 0.1) is 0 Å². The molecule has 0 saturated heterocycles. The molecule has 31 heavy (non-hydrogen) atoms. The van der Waals surface area contributed by atoms with E-state index in [0.29, 0.717) is 17.1 Å². The third-order valence-electron chi connectivity index (χ3n) is 4.53. The van der Waals surface area contributed by atoms with E-state index in [2.05, 4.69) is 15.5 Å². The zero-order valence-electron chi connectivity index (χ0n) is 17.4. The van der Waals surface area contributed by atoms with E-state index in [-0.39, 0.29) is 28.6 Å². The molecule has 164 valence electrons. The fourth-order valence-corrected chi connectivity index (χ4v) is 3.94. The van der Waals surface area contributed by atoms with Gasteiger partial charge in [0.15, 0.2) is 0 Å². The van der Waals surface area contributed by atoms with Crippen molar-refractivity contribution in [3.8, 4) is 22.9 Å². The maximum atomic E-state index is 13.0. The number of rotatable bonds is 8. The van der Waals surface area contributed by atoms with Crippen LogP contribution in [-0.4, -0.2) is 57.1 Å². The van der Waals surface area contributed by atoms with Crippen LogP contribution in [0.15, 0.2) is 51.9 Å². The molecule has 0 spiro atoms. The Bertz CT molecular complexity index is 1170. The van der Waals surface area contributed by atoms with Gasteiger partial charge in [-0.25, -0.2) is 8.42 Å². The Kier molecular flexibility index (Phi) is 6.56. The largest absolute Gasteiger partial charge is 0.497 e. The molecule has 0 aliphatic carbocycles. The molecule has 1 heterocycles. The summed E-state index contributed by atoms with van der Waals surface area (Å²) < 4.78 is 42.5. The van der Waals surface area contributed by atoms with E-state index >= 15 is 0 Å². The van der Waals surface area contributed by atoms with Gasteiger partial charge in [-0.3, -0.25) is 4.79 Å². The second kappa shape index (κ2) is 9.14.